The van der Waals surface area contributed by atoms with Crippen LogP contribution >= 0.6 is 0 Å². The van der Waals surface area contributed by atoms with Crippen molar-refractivity contribution in [3.63, 3.8) is 0 Å². The number of pyridine rings is 1. The number of hydrogen-bond acceptors (Lipinski definition) is 5. The van der Waals surface area contributed by atoms with Gasteiger partial charge in [-0.1, -0.05) is 24.3 Å². The molecule has 126 valence electrons. The molecular formula is C20H15N5O. The second kappa shape index (κ2) is 6.68. The van der Waals surface area contributed by atoms with Crippen LogP contribution in [-0.4, -0.2) is 24.5 Å². The first kappa shape index (κ1) is 15.8. The number of aromatic nitrogens is 5. The van der Waals surface area contributed by atoms with E-state index < -0.39 is 0 Å². The molecule has 0 bridgehead atoms. The van der Waals surface area contributed by atoms with Crippen LogP contribution in [-0.2, 0) is 0 Å². The van der Waals surface area contributed by atoms with Gasteiger partial charge in [-0.15, -0.1) is 0 Å². The molecule has 0 unspecified atom stereocenters. The highest BCUT2D eigenvalue weighted by atomic mass is 16.1. The quantitative estimate of drug-likeness (QED) is 0.572. The van der Waals surface area contributed by atoms with Gasteiger partial charge in [0, 0.05) is 18.6 Å². The van der Waals surface area contributed by atoms with Crippen molar-refractivity contribution in [2.24, 2.45) is 0 Å². The number of hydrogen-bond donors (Lipinski definition) is 0. The molecular weight excluding hydrogens is 326 g/mol. The third kappa shape index (κ3) is 2.88. The van der Waals surface area contributed by atoms with Gasteiger partial charge in [0.2, 0.25) is 0 Å². The van der Waals surface area contributed by atoms with E-state index in [0.29, 0.717) is 11.5 Å². The van der Waals surface area contributed by atoms with E-state index in [4.69, 9.17) is 0 Å². The third-order valence-corrected chi connectivity index (χ3v) is 3.98. The minimum atomic E-state index is -0.252. The van der Waals surface area contributed by atoms with Crippen LogP contribution < -0.4 is 5.56 Å². The van der Waals surface area contributed by atoms with Crippen molar-refractivity contribution in [1.82, 2.24) is 24.5 Å². The molecule has 3 heterocycles. The summed E-state index contributed by atoms with van der Waals surface area (Å²) in [7, 11) is 0. The zero-order valence-electron chi connectivity index (χ0n) is 14.1. The molecule has 0 N–H and O–H groups in total. The first-order valence-corrected chi connectivity index (χ1v) is 8.13. The SMILES string of the molecule is Cc1ccccc1-n1c(C=Cc2ccccn2)nc2nccnc2c1=O. The molecule has 0 radical (unpaired) electrons. The second-order valence-corrected chi connectivity index (χ2v) is 5.71. The van der Waals surface area contributed by atoms with Gasteiger partial charge >= 0.3 is 0 Å². The fourth-order valence-electron chi connectivity index (χ4n) is 2.73. The van der Waals surface area contributed by atoms with E-state index in [9.17, 15) is 4.79 Å². The highest BCUT2D eigenvalue weighted by Gasteiger charge is 2.14. The number of nitrogens with zero attached hydrogens (tertiary/aromatic N) is 5. The molecule has 0 aliphatic carbocycles. The van der Waals surface area contributed by atoms with E-state index in [1.807, 2.05) is 55.5 Å². The Morgan fingerprint density at radius 2 is 1.69 bits per heavy atom. The van der Waals surface area contributed by atoms with Crippen molar-refractivity contribution in [2.75, 3.05) is 0 Å². The summed E-state index contributed by atoms with van der Waals surface area (Å²) in [6, 6.07) is 13.3. The molecule has 0 spiro atoms. The zero-order valence-corrected chi connectivity index (χ0v) is 14.1. The standard InChI is InChI=1S/C20H15N5O/c1-14-6-2-3-8-16(14)25-17(10-9-15-7-4-5-11-21-15)24-19-18(20(25)26)22-12-13-23-19/h2-13H,1H3. The molecule has 0 amide bonds. The monoisotopic (exact) mass is 341 g/mol. The summed E-state index contributed by atoms with van der Waals surface area (Å²) in [4.78, 5) is 30.2. The molecule has 6 nitrogen and oxygen atoms in total. The average Bonchev–Trinajstić information content (AvgIpc) is 2.68. The van der Waals surface area contributed by atoms with Crippen molar-refractivity contribution in [2.45, 2.75) is 6.92 Å². The van der Waals surface area contributed by atoms with E-state index in [-0.39, 0.29) is 11.1 Å². The Balaban J connectivity index is 1.99. The predicted molar refractivity (Wildman–Crippen MR) is 101 cm³/mol. The summed E-state index contributed by atoms with van der Waals surface area (Å²) >= 11 is 0. The van der Waals surface area contributed by atoms with Crippen LogP contribution in [0.5, 0.6) is 0 Å². The molecule has 6 heteroatoms. The van der Waals surface area contributed by atoms with Crippen LogP contribution in [0.3, 0.4) is 0 Å². The van der Waals surface area contributed by atoms with E-state index >= 15 is 0 Å². The van der Waals surface area contributed by atoms with Gasteiger partial charge in [-0.05, 0) is 42.8 Å². The highest BCUT2D eigenvalue weighted by Crippen LogP contribution is 2.16. The van der Waals surface area contributed by atoms with Crippen molar-refractivity contribution in [3.8, 4) is 5.69 Å². The van der Waals surface area contributed by atoms with Gasteiger partial charge in [-0.25, -0.2) is 15.0 Å². The maximum Gasteiger partial charge on any atom is 0.286 e. The van der Waals surface area contributed by atoms with Crippen molar-refractivity contribution in [3.05, 3.63) is 88.5 Å². The van der Waals surface area contributed by atoms with Gasteiger partial charge in [0.1, 0.15) is 5.82 Å². The summed E-state index contributed by atoms with van der Waals surface area (Å²) in [5, 5.41) is 0. The molecule has 1 aromatic carbocycles. The van der Waals surface area contributed by atoms with Crippen LogP contribution in [0.2, 0.25) is 0 Å². The zero-order chi connectivity index (χ0) is 17.9. The number of fused-ring (bicyclic) bond motifs is 1. The Labute approximate surface area is 149 Å². The molecule has 4 aromatic rings. The highest BCUT2D eigenvalue weighted by molar-refractivity contribution is 5.73. The van der Waals surface area contributed by atoms with Crippen molar-refractivity contribution in [1.29, 1.82) is 0 Å². The van der Waals surface area contributed by atoms with Crippen LogP contribution in [0, 0.1) is 6.92 Å². The smallest absolute Gasteiger partial charge is 0.266 e. The lowest BCUT2D eigenvalue weighted by atomic mass is 10.2. The van der Waals surface area contributed by atoms with Gasteiger partial charge in [-0.3, -0.25) is 14.3 Å². The minimum Gasteiger partial charge on any atom is -0.266 e. The van der Waals surface area contributed by atoms with Crippen LogP contribution in [0.1, 0.15) is 17.1 Å². The Bertz CT molecular complexity index is 1170. The number of rotatable bonds is 3. The van der Waals surface area contributed by atoms with Gasteiger partial charge in [0.15, 0.2) is 11.2 Å². The van der Waals surface area contributed by atoms with E-state index in [1.54, 1.807) is 16.8 Å². The Kier molecular flexibility index (Phi) is 4.07. The Morgan fingerprint density at radius 3 is 2.50 bits per heavy atom. The third-order valence-electron chi connectivity index (χ3n) is 3.98. The number of para-hydroxylation sites is 1. The molecule has 0 fully saturated rings. The van der Waals surface area contributed by atoms with E-state index in [1.165, 1.54) is 12.4 Å². The second-order valence-electron chi connectivity index (χ2n) is 5.71. The summed E-state index contributed by atoms with van der Waals surface area (Å²) in [6.45, 7) is 1.95. The first-order chi connectivity index (χ1) is 12.7. The fraction of sp³-hybridized carbons (Fsp3) is 0.0500. The van der Waals surface area contributed by atoms with Gasteiger partial charge in [-0.2, -0.15) is 0 Å². The summed E-state index contributed by atoms with van der Waals surface area (Å²) in [5.74, 6) is 0.475. The fourth-order valence-corrected chi connectivity index (χ4v) is 2.73. The molecule has 26 heavy (non-hydrogen) atoms. The molecule has 0 atom stereocenters. The lowest BCUT2D eigenvalue weighted by molar-refractivity contribution is 0.920. The van der Waals surface area contributed by atoms with Crippen LogP contribution in [0.25, 0.3) is 29.0 Å². The summed E-state index contributed by atoms with van der Waals surface area (Å²) in [5.41, 5.74) is 2.81. The van der Waals surface area contributed by atoms with Crippen LogP contribution in [0.4, 0.5) is 0 Å². The summed E-state index contributed by atoms with van der Waals surface area (Å²) in [6.07, 6.45) is 8.33. The van der Waals surface area contributed by atoms with Gasteiger partial charge in [0.25, 0.3) is 5.56 Å². The molecule has 0 aliphatic heterocycles. The topological polar surface area (TPSA) is 73.6 Å². The van der Waals surface area contributed by atoms with Crippen molar-refractivity contribution < 1.29 is 0 Å². The molecule has 3 aromatic heterocycles. The predicted octanol–water partition coefficient (Wildman–Crippen LogP) is 3.05. The normalized spacial score (nSPS) is 11.3. The Hall–Kier alpha value is -3.67. The van der Waals surface area contributed by atoms with Gasteiger partial charge in [0.05, 0.1) is 11.4 Å². The van der Waals surface area contributed by atoms with E-state index in [0.717, 1.165) is 16.9 Å². The maximum atomic E-state index is 13.1. The average molecular weight is 341 g/mol. The van der Waals surface area contributed by atoms with Crippen LogP contribution in [0.15, 0.2) is 65.8 Å². The first-order valence-electron chi connectivity index (χ1n) is 8.13. The summed E-state index contributed by atoms with van der Waals surface area (Å²) < 4.78 is 1.56. The number of aryl methyl sites for hydroxylation is 1. The largest absolute Gasteiger partial charge is 0.286 e. The van der Waals surface area contributed by atoms with Crippen molar-refractivity contribution >= 4 is 23.3 Å². The van der Waals surface area contributed by atoms with Gasteiger partial charge < -0.3 is 0 Å². The Morgan fingerprint density at radius 1 is 0.885 bits per heavy atom. The maximum absolute atomic E-state index is 13.1. The minimum absolute atomic E-state index is 0.241. The molecule has 0 saturated carbocycles. The molecule has 4 rings (SSSR count). The molecule has 0 aliphatic rings. The van der Waals surface area contributed by atoms with E-state index in [2.05, 4.69) is 19.9 Å². The lowest BCUT2D eigenvalue weighted by Gasteiger charge is -2.12. The number of benzene rings is 1. The lowest BCUT2D eigenvalue weighted by Crippen LogP contribution is -2.24. The molecule has 0 saturated heterocycles.